The molecule has 0 heterocycles. The fourth-order valence-corrected chi connectivity index (χ4v) is 2.04. The van der Waals surface area contributed by atoms with E-state index in [9.17, 15) is 53.9 Å². The summed E-state index contributed by atoms with van der Waals surface area (Å²) in [5, 5.41) is 1.58. The molecule has 0 aromatic carbocycles. The second-order valence-electron chi connectivity index (χ2n) is 7.84. The largest absolute Gasteiger partial charge is 0.460 e. The molecule has 0 bridgehead atoms. The zero-order valence-corrected chi connectivity index (χ0v) is 18.8. The van der Waals surface area contributed by atoms with Crippen molar-refractivity contribution in [3.8, 4) is 0 Å². The Bertz CT molecular complexity index is 819. The van der Waals surface area contributed by atoms with Crippen molar-refractivity contribution in [3.05, 3.63) is 24.3 Å². The van der Waals surface area contributed by atoms with Crippen LogP contribution in [-0.4, -0.2) is 66.8 Å². The number of amides is 1. The third-order valence-corrected chi connectivity index (χ3v) is 3.93. The van der Waals surface area contributed by atoms with Gasteiger partial charge in [-0.2, -0.15) is 30.7 Å². The topological polar surface area (TPSA) is 90.9 Å². The highest BCUT2D eigenvalue weighted by molar-refractivity contribution is 5.87. The molecule has 0 fully saturated rings. The van der Waals surface area contributed by atoms with E-state index in [0.29, 0.717) is 0 Å². The molecule has 0 saturated carbocycles. The van der Waals surface area contributed by atoms with Crippen LogP contribution in [0.5, 0.6) is 0 Å². The van der Waals surface area contributed by atoms with Crippen LogP contribution in [0, 0.1) is 0 Å². The first-order valence-electron chi connectivity index (χ1n) is 9.23. The number of halogens is 9. The Morgan fingerprint density at radius 1 is 0.800 bits per heavy atom. The van der Waals surface area contributed by atoms with Crippen molar-refractivity contribution >= 4 is 18.0 Å². The highest BCUT2D eigenvalue weighted by Gasteiger charge is 2.79. The third kappa shape index (κ3) is 8.35. The first-order chi connectivity index (χ1) is 15.4. The van der Waals surface area contributed by atoms with Crippen LogP contribution in [0.3, 0.4) is 0 Å². The molecule has 202 valence electrons. The van der Waals surface area contributed by atoms with Crippen LogP contribution < -0.4 is 5.32 Å². The van der Waals surface area contributed by atoms with Gasteiger partial charge >= 0.3 is 36.1 Å². The fraction of sp³-hybridized carbons (Fsp3) is 0.632. The van der Waals surface area contributed by atoms with Crippen molar-refractivity contribution in [3.63, 3.8) is 0 Å². The summed E-state index contributed by atoms with van der Waals surface area (Å²) in [4.78, 5) is 35.2. The maximum absolute atomic E-state index is 13.9. The fourth-order valence-electron chi connectivity index (χ4n) is 2.04. The summed E-state index contributed by atoms with van der Waals surface area (Å²) in [6.45, 7) is 7.40. The minimum Gasteiger partial charge on any atom is -0.460 e. The molecule has 0 aliphatic rings. The summed E-state index contributed by atoms with van der Waals surface area (Å²) in [6.07, 6.45) is -13.9. The SMILES string of the molecule is C=C(C)C(=O)OCC(C)(COC(=O)C(=C)C)NC(=O)OC(C(C)(F)F)C(F)(F)C(F)(F)C(F)(F)F. The zero-order valence-electron chi connectivity index (χ0n) is 18.8. The number of carbonyl (C=O) groups excluding carboxylic acids is 3. The molecule has 0 aromatic heterocycles. The van der Waals surface area contributed by atoms with Crippen molar-refractivity contribution in [1.82, 2.24) is 5.32 Å². The highest BCUT2D eigenvalue weighted by atomic mass is 19.4. The molecule has 1 atom stereocenters. The monoisotopic (exact) mass is 531 g/mol. The van der Waals surface area contributed by atoms with E-state index in [-0.39, 0.29) is 11.1 Å². The number of alkyl halides is 9. The number of hydrogen-bond donors (Lipinski definition) is 1. The van der Waals surface area contributed by atoms with E-state index in [1.807, 2.05) is 0 Å². The smallest absolute Gasteiger partial charge is 0.460 e. The summed E-state index contributed by atoms with van der Waals surface area (Å²) < 4.78 is 132. The Morgan fingerprint density at radius 3 is 1.46 bits per heavy atom. The lowest BCUT2D eigenvalue weighted by molar-refractivity contribution is -0.382. The van der Waals surface area contributed by atoms with E-state index in [2.05, 4.69) is 17.9 Å². The number of ether oxygens (including phenoxy) is 3. The second kappa shape index (κ2) is 10.8. The highest BCUT2D eigenvalue weighted by Crippen LogP contribution is 2.51. The van der Waals surface area contributed by atoms with Gasteiger partial charge in [-0.3, -0.25) is 0 Å². The first kappa shape index (κ1) is 32.1. The number of carbonyl (C=O) groups is 3. The van der Waals surface area contributed by atoms with Gasteiger partial charge in [-0.1, -0.05) is 13.2 Å². The van der Waals surface area contributed by atoms with Crippen molar-refractivity contribution in [2.45, 2.75) is 63.3 Å². The molecular formula is C19H22F9NO6. The van der Waals surface area contributed by atoms with E-state index < -0.39 is 73.8 Å². The minimum atomic E-state index is -7.03. The summed E-state index contributed by atoms with van der Waals surface area (Å²) >= 11 is 0. The number of rotatable bonds is 11. The standard InChI is InChI=1S/C19H22F9NO6/c1-9(2)11(30)33-7-15(5,8-34-12(31)10(3)4)29-14(32)35-13(16(6,20)21)17(22,23)18(24,25)19(26,27)28/h13H,1,3,7-8H2,2,4-6H3,(H,29,32). The molecule has 7 nitrogen and oxygen atoms in total. The van der Waals surface area contributed by atoms with Crippen LogP contribution in [0.1, 0.15) is 27.7 Å². The summed E-state index contributed by atoms with van der Waals surface area (Å²) in [6, 6.07) is 0. The van der Waals surface area contributed by atoms with E-state index in [1.165, 1.54) is 13.8 Å². The Balaban J connectivity index is 5.99. The predicted molar refractivity (Wildman–Crippen MR) is 99.9 cm³/mol. The first-order valence-corrected chi connectivity index (χ1v) is 9.23. The van der Waals surface area contributed by atoms with Gasteiger partial charge in [0.2, 0.25) is 6.10 Å². The normalized spacial score (nSPS) is 14.0. The molecule has 0 aliphatic heterocycles. The van der Waals surface area contributed by atoms with Gasteiger partial charge < -0.3 is 19.5 Å². The van der Waals surface area contributed by atoms with Crippen LogP contribution in [0.25, 0.3) is 0 Å². The van der Waals surface area contributed by atoms with Gasteiger partial charge in [-0.25, -0.2) is 23.2 Å². The van der Waals surface area contributed by atoms with Crippen molar-refractivity contribution in [2.75, 3.05) is 13.2 Å². The quantitative estimate of drug-likeness (QED) is 0.182. The van der Waals surface area contributed by atoms with Crippen LogP contribution in [0.15, 0.2) is 24.3 Å². The van der Waals surface area contributed by atoms with Crippen LogP contribution in [-0.2, 0) is 23.8 Å². The van der Waals surface area contributed by atoms with Gasteiger partial charge in [0.1, 0.15) is 18.8 Å². The lowest BCUT2D eigenvalue weighted by atomic mass is 10.00. The van der Waals surface area contributed by atoms with Gasteiger partial charge in [-0.15, -0.1) is 0 Å². The van der Waals surface area contributed by atoms with Crippen LogP contribution in [0.2, 0.25) is 0 Å². The minimum absolute atomic E-state index is 0.173. The molecule has 0 aliphatic carbocycles. The van der Waals surface area contributed by atoms with Crippen molar-refractivity contribution in [1.29, 1.82) is 0 Å². The average molecular weight is 531 g/mol. The zero-order chi connectivity index (χ0) is 28.2. The number of alkyl carbamates (subject to hydrolysis) is 1. The van der Waals surface area contributed by atoms with E-state index in [1.54, 1.807) is 5.32 Å². The van der Waals surface area contributed by atoms with Crippen LogP contribution in [0.4, 0.5) is 44.3 Å². The molecule has 0 spiro atoms. The van der Waals surface area contributed by atoms with Gasteiger partial charge in [0, 0.05) is 18.1 Å². The molecular weight excluding hydrogens is 509 g/mol. The van der Waals surface area contributed by atoms with Gasteiger partial charge in [-0.05, 0) is 20.8 Å². The molecule has 0 rings (SSSR count). The molecule has 0 radical (unpaired) electrons. The average Bonchev–Trinajstić information content (AvgIpc) is 2.66. The number of hydrogen-bond acceptors (Lipinski definition) is 6. The summed E-state index contributed by atoms with van der Waals surface area (Å²) in [7, 11) is 0. The lowest BCUT2D eigenvalue weighted by Gasteiger charge is -2.37. The maximum atomic E-state index is 13.9. The van der Waals surface area contributed by atoms with Crippen LogP contribution >= 0.6 is 0 Å². The Labute approximate surface area is 193 Å². The molecule has 1 amide bonds. The van der Waals surface area contributed by atoms with E-state index in [4.69, 9.17) is 9.47 Å². The molecule has 0 saturated heterocycles. The molecule has 0 aromatic rings. The third-order valence-electron chi connectivity index (χ3n) is 3.93. The Kier molecular flexibility index (Phi) is 9.86. The van der Waals surface area contributed by atoms with Gasteiger partial charge in [0.25, 0.3) is 5.92 Å². The second-order valence-corrected chi connectivity index (χ2v) is 7.84. The molecule has 35 heavy (non-hydrogen) atoms. The Morgan fingerprint density at radius 2 is 1.17 bits per heavy atom. The Hall–Kier alpha value is -2.94. The molecule has 1 unspecified atom stereocenters. The van der Waals surface area contributed by atoms with Crippen molar-refractivity contribution in [2.24, 2.45) is 0 Å². The summed E-state index contributed by atoms with van der Waals surface area (Å²) in [5.74, 6) is -20.9. The summed E-state index contributed by atoms with van der Waals surface area (Å²) in [5.41, 5.74) is -2.48. The predicted octanol–water partition coefficient (Wildman–Crippen LogP) is 4.57. The lowest BCUT2D eigenvalue weighted by Crippen LogP contribution is -2.64. The number of nitrogens with one attached hydrogen (secondary N) is 1. The van der Waals surface area contributed by atoms with Gasteiger partial charge in [0.15, 0.2) is 0 Å². The maximum Gasteiger partial charge on any atom is 0.460 e. The van der Waals surface area contributed by atoms with E-state index >= 15 is 0 Å². The molecule has 16 heteroatoms. The van der Waals surface area contributed by atoms with Crippen molar-refractivity contribution < 1.29 is 68.1 Å². The molecule has 1 N–H and O–H groups in total. The number of esters is 2. The van der Waals surface area contributed by atoms with Gasteiger partial charge in [0.05, 0.1) is 0 Å². The van der Waals surface area contributed by atoms with E-state index in [0.717, 1.165) is 6.92 Å².